The molecule has 0 unspecified atom stereocenters. The second kappa shape index (κ2) is 8.35. The predicted octanol–water partition coefficient (Wildman–Crippen LogP) is 6.79. The molecule has 1 heterocycles. The molecule has 0 aromatic heterocycles. The molecule has 1 amide bonds. The van der Waals surface area contributed by atoms with Gasteiger partial charge in [0, 0.05) is 5.56 Å². The van der Waals surface area contributed by atoms with Crippen LogP contribution in [0, 0.1) is 0 Å². The Bertz CT molecular complexity index is 1220. The number of hydrogen-bond acceptors (Lipinski definition) is 3. The summed E-state index contributed by atoms with van der Waals surface area (Å²) in [5, 5.41) is 2.18. The van der Waals surface area contributed by atoms with Crippen LogP contribution in [0.15, 0.2) is 66.7 Å². The molecule has 1 aliphatic heterocycles. The molecular weight excluding hydrogens is 509 g/mol. The van der Waals surface area contributed by atoms with Gasteiger partial charge in [-0.1, -0.05) is 36.4 Å². The number of halogens is 9. The maximum atomic E-state index is 13.7. The predicted molar refractivity (Wildman–Crippen MR) is 106 cm³/mol. The maximum absolute atomic E-state index is 13.7. The van der Waals surface area contributed by atoms with E-state index < -0.39 is 53.0 Å². The molecule has 0 bridgehead atoms. The van der Waals surface area contributed by atoms with Gasteiger partial charge in [-0.25, -0.2) is 0 Å². The number of hydrogen-bond donors (Lipinski definition) is 1. The van der Waals surface area contributed by atoms with Crippen LogP contribution in [0.1, 0.15) is 22.3 Å². The number of carbonyl (C=O) groups is 1. The van der Waals surface area contributed by atoms with Crippen LogP contribution in [0.3, 0.4) is 0 Å². The zero-order valence-electron chi connectivity index (χ0n) is 17.5. The van der Waals surface area contributed by atoms with Crippen molar-refractivity contribution in [3.63, 3.8) is 0 Å². The highest BCUT2D eigenvalue weighted by atomic mass is 19.4. The van der Waals surface area contributed by atoms with Crippen molar-refractivity contribution in [3.05, 3.63) is 89.0 Å². The molecule has 4 rings (SSSR count). The van der Waals surface area contributed by atoms with Crippen LogP contribution >= 0.6 is 0 Å². The Morgan fingerprint density at radius 3 is 1.47 bits per heavy atom. The maximum Gasteiger partial charge on any atom is 0.573 e. The first-order valence-corrected chi connectivity index (χ1v) is 9.86. The lowest BCUT2D eigenvalue weighted by Gasteiger charge is -2.29. The van der Waals surface area contributed by atoms with Crippen molar-refractivity contribution in [3.8, 4) is 11.5 Å². The lowest BCUT2D eigenvalue weighted by molar-refractivity contribution is -0.275. The first kappa shape index (κ1) is 25.2. The normalized spacial score (nSPS) is 15.3. The fraction of sp³-hybridized carbons (Fsp3) is 0.174. The average molecular weight is 521 g/mol. The molecular formula is C23H12F9NO3. The molecule has 0 atom stereocenters. The number of fused-ring (bicyclic) bond motifs is 1. The first-order chi connectivity index (χ1) is 16.6. The van der Waals surface area contributed by atoms with E-state index in [4.69, 9.17) is 0 Å². The largest absolute Gasteiger partial charge is 0.573 e. The SMILES string of the molecule is O=C1Nc2c(C(F)(F)F)cccc2C1(c1ccc(OC(F)(F)F)cc1)c1ccc(OC(F)(F)F)cc1. The number of amides is 1. The highest BCUT2D eigenvalue weighted by Gasteiger charge is 2.52. The molecule has 0 aliphatic carbocycles. The van der Waals surface area contributed by atoms with Gasteiger partial charge in [0.25, 0.3) is 0 Å². The zero-order valence-corrected chi connectivity index (χ0v) is 17.5. The van der Waals surface area contributed by atoms with E-state index in [0.717, 1.165) is 60.7 Å². The van der Waals surface area contributed by atoms with Gasteiger partial charge in [-0.3, -0.25) is 4.79 Å². The van der Waals surface area contributed by atoms with E-state index in [9.17, 15) is 44.3 Å². The van der Waals surface area contributed by atoms with E-state index in [0.29, 0.717) is 0 Å². The summed E-state index contributed by atoms with van der Waals surface area (Å²) in [7, 11) is 0. The highest BCUT2D eigenvalue weighted by Crippen LogP contribution is 2.51. The average Bonchev–Trinajstić information content (AvgIpc) is 3.04. The summed E-state index contributed by atoms with van der Waals surface area (Å²) in [6, 6.07) is 10.7. The molecule has 0 saturated heterocycles. The molecule has 13 heteroatoms. The lowest BCUT2D eigenvalue weighted by Crippen LogP contribution is -2.37. The van der Waals surface area contributed by atoms with Crippen LogP contribution in [-0.4, -0.2) is 18.6 Å². The summed E-state index contributed by atoms with van der Waals surface area (Å²) >= 11 is 0. The minimum Gasteiger partial charge on any atom is -0.406 e. The van der Waals surface area contributed by atoms with Crippen molar-refractivity contribution in [1.82, 2.24) is 0 Å². The molecule has 36 heavy (non-hydrogen) atoms. The third-order valence-corrected chi connectivity index (χ3v) is 5.39. The van der Waals surface area contributed by atoms with Crippen LogP contribution in [0.25, 0.3) is 0 Å². The fourth-order valence-corrected chi connectivity index (χ4v) is 4.12. The Balaban J connectivity index is 1.92. The molecule has 4 nitrogen and oxygen atoms in total. The molecule has 190 valence electrons. The summed E-state index contributed by atoms with van der Waals surface area (Å²) < 4.78 is 124. The number of carbonyl (C=O) groups excluding carboxylic acids is 1. The minimum absolute atomic E-state index is 0.0583. The van der Waals surface area contributed by atoms with Gasteiger partial charge in [-0.15, -0.1) is 26.3 Å². The molecule has 1 aliphatic rings. The number of benzene rings is 3. The van der Waals surface area contributed by atoms with Crippen LogP contribution in [0.2, 0.25) is 0 Å². The van der Waals surface area contributed by atoms with Crippen LogP contribution < -0.4 is 14.8 Å². The number of alkyl halides is 9. The van der Waals surface area contributed by atoms with E-state index in [1.165, 1.54) is 6.07 Å². The second-order valence-corrected chi connectivity index (χ2v) is 7.57. The zero-order chi connectivity index (χ0) is 26.5. The van der Waals surface area contributed by atoms with Crippen LogP contribution in [0.4, 0.5) is 45.2 Å². The second-order valence-electron chi connectivity index (χ2n) is 7.57. The molecule has 0 saturated carbocycles. The van der Waals surface area contributed by atoms with Crippen molar-refractivity contribution in [2.75, 3.05) is 5.32 Å². The van der Waals surface area contributed by atoms with Crippen molar-refractivity contribution in [2.24, 2.45) is 0 Å². The molecule has 0 radical (unpaired) electrons. The first-order valence-electron chi connectivity index (χ1n) is 9.86. The monoisotopic (exact) mass is 521 g/mol. The topological polar surface area (TPSA) is 47.6 Å². The highest BCUT2D eigenvalue weighted by molar-refractivity contribution is 6.12. The Hall–Kier alpha value is -3.90. The summed E-state index contributed by atoms with van der Waals surface area (Å²) in [6.07, 6.45) is -14.9. The Morgan fingerprint density at radius 1 is 0.639 bits per heavy atom. The third kappa shape index (κ3) is 4.64. The van der Waals surface area contributed by atoms with E-state index >= 15 is 0 Å². The summed E-state index contributed by atoms with van der Waals surface area (Å²) in [4.78, 5) is 13.4. The minimum atomic E-state index is -5.02. The summed E-state index contributed by atoms with van der Waals surface area (Å²) in [5.74, 6) is -2.31. The van der Waals surface area contributed by atoms with Crippen LogP contribution in [-0.2, 0) is 16.4 Å². The lowest BCUT2D eigenvalue weighted by atomic mass is 9.70. The van der Waals surface area contributed by atoms with Crippen molar-refractivity contribution >= 4 is 11.6 Å². The molecule has 3 aromatic rings. The Morgan fingerprint density at radius 2 is 1.08 bits per heavy atom. The van der Waals surface area contributed by atoms with Crippen molar-refractivity contribution < 1.29 is 53.8 Å². The van der Waals surface area contributed by atoms with E-state index in [1.807, 2.05) is 0 Å². The number of rotatable bonds is 4. The van der Waals surface area contributed by atoms with Gasteiger partial charge in [0.2, 0.25) is 5.91 Å². The van der Waals surface area contributed by atoms with Crippen molar-refractivity contribution in [1.29, 1.82) is 0 Å². The molecule has 0 fully saturated rings. The van der Waals surface area contributed by atoms with Crippen molar-refractivity contribution in [2.45, 2.75) is 24.3 Å². The smallest absolute Gasteiger partial charge is 0.406 e. The van der Waals surface area contributed by atoms with Gasteiger partial charge in [-0.2, -0.15) is 13.2 Å². The van der Waals surface area contributed by atoms with E-state index in [-0.39, 0.29) is 16.7 Å². The summed E-state index contributed by atoms with van der Waals surface area (Å²) in [5.41, 5.74) is -4.12. The third-order valence-electron chi connectivity index (χ3n) is 5.39. The standard InChI is InChI=1S/C23H12F9NO3/c24-21(25,26)17-3-1-2-16-18(17)33-19(34)20(16,12-4-8-14(9-5-12)35-22(27,28)29)13-6-10-15(11-7-13)36-23(30,31)32/h1-11H,(H,33,34). The Kier molecular flexibility index (Phi) is 5.84. The number of para-hydroxylation sites is 1. The van der Waals surface area contributed by atoms with E-state index in [2.05, 4.69) is 14.8 Å². The number of nitrogens with one attached hydrogen (secondary N) is 1. The van der Waals surface area contributed by atoms with Gasteiger partial charge >= 0.3 is 18.9 Å². The molecule has 0 spiro atoms. The van der Waals surface area contributed by atoms with Gasteiger partial charge in [0.1, 0.15) is 16.9 Å². The van der Waals surface area contributed by atoms with E-state index in [1.54, 1.807) is 0 Å². The number of anilines is 1. The molecule has 1 N–H and O–H groups in total. The number of ether oxygens (including phenoxy) is 2. The van der Waals surface area contributed by atoms with Gasteiger partial charge < -0.3 is 14.8 Å². The quantitative estimate of drug-likeness (QED) is 0.385. The van der Waals surface area contributed by atoms with Gasteiger partial charge in [0.05, 0.1) is 11.3 Å². The van der Waals surface area contributed by atoms with Crippen LogP contribution in [0.5, 0.6) is 11.5 Å². The summed E-state index contributed by atoms with van der Waals surface area (Å²) in [6.45, 7) is 0. The van der Waals surface area contributed by atoms with Gasteiger partial charge in [0.15, 0.2) is 0 Å². The Labute approximate surface area is 196 Å². The molecule has 3 aromatic carbocycles. The fourth-order valence-electron chi connectivity index (χ4n) is 4.12. The van der Waals surface area contributed by atoms with Gasteiger partial charge in [-0.05, 0) is 41.5 Å².